The predicted octanol–water partition coefficient (Wildman–Crippen LogP) is 0.524. The van der Waals surface area contributed by atoms with Gasteiger partial charge in [0.25, 0.3) is 0 Å². The second-order valence-corrected chi connectivity index (χ2v) is 2.79. The second kappa shape index (κ2) is 4.19. The standard InChI is InChI=1S/C9H13BO3/c1-10(11)7-4-5-8(12-2)9(6-7)13-3/h4-6,11H,1-3H3. The van der Waals surface area contributed by atoms with Crippen LogP contribution in [-0.4, -0.2) is 26.2 Å². The van der Waals surface area contributed by atoms with Crippen molar-refractivity contribution in [1.29, 1.82) is 0 Å². The molecule has 1 N–H and O–H groups in total. The maximum Gasteiger partial charge on any atom is 0.320 e. The molecule has 0 heterocycles. The third kappa shape index (κ3) is 2.15. The van der Waals surface area contributed by atoms with Gasteiger partial charge in [0.2, 0.25) is 0 Å². The van der Waals surface area contributed by atoms with Crippen LogP contribution in [0.15, 0.2) is 18.2 Å². The Bertz CT molecular complexity index is 286. The van der Waals surface area contributed by atoms with Gasteiger partial charge in [-0.1, -0.05) is 12.9 Å². The lowest BCUT2D eigenvalue weighted by Crippen LogP contribution is -2.25. The molecule has 0 unspecified atom stereocenters. The number of rotatable bonds is 3. The molecule has 3 nitrogen and oxygen atoms in total. The number of ether oxygens (including phenoxy) is 2. The van der Waals surface area contributed by atoms with Crippen LogP contribution in [0.1, 0.15) is 0 Å². The first-order valence-electron chi connectivity index (χ1n) is 4.09. The van der Waals surface area contributed by atoms with Gasteiger partial charge in [0, 0.05) is 0 Å². The lowest BCUT2D eigenvalue weighted by molar-refractivity contribution is 0.355. The molecule has 0 fully saturated rings. The first kappa shape index (κ1) is 9.93. The second-order valence-electron chi connectivity index (χ2n) is 2.79. The lowest BCUT2D eigenvalue weighted by Gasteiger charge is -2.09. The summed E-state index contributed by atoms with van der Waals surface area (Å²) in [6, 6.07) is 5.36. The van der Waals surface area contributed by atoms with E-state index in [4.69, 9.17) is 9.47 Å². The highest BCUT2D eigenvalue weighted by Crippen LogP contribution is 2.24. The highest BCUT2D eigenvalue weighted by Gasteiger charge is 2.10. The first-order valence-corrected chi connectivity index (χ1v) is 4.09. The van der Waals surface area contributed by atoms with Crippen LogP contribution >= 0.6 is 0 Å². The molecule has 70 valence electrons. The maximum atomic E-state index is 9.31. The highest BCUT2D eigenvalue weighted by molar-refractivity contribution is 6.64. The summed E-state index contributed by atoms with van der Waals surface area (Å²) in [7, 11) is 3.16. The van der Waals surface area contributed by atoms with E-state index in [1.165, 1.54) is 0 Å². The molecule has 0 spiro atoms. The zero-order valence-corrected chi connectivity index (χ0v) is 8.07. The van der Waals surface area contributed by atoms with Crippen LogP contribution < -0.4 is 14.9 Å². The van der Waals surface area contributed by atoms with E-state index < -0.39 is 6.92 Å². The fraction of sp³-hybridized carbons (Fsp3) is 0.333. The monoisotopic (exact) mass is 180 g/mol. The van der Waals surface area contributed by atoms with Crippen LogP contribution in [0.5, 0.6) is 11.5 Å². The SMILES string of the molecule is COc1ccc(B(C)O)cc1OC. The highest BCUT2D eigenvalue weighted by atomic mass is 16.5. The van der Waals surface area contributed by atoms with Crippen LogP contribution in [0.3, 0.4) is 0 Å². The molecule has 0 atom stereocenters. The van der Waals surface area contributed by atoms with E-state index in [1.807, 2.05) is 6.07 Å². The quantitative estimate of drug-likeness (QED) is 0.689. The van der Waals surface area contributed by atoms with Crippen LogP contribution in [0.4, 0.5) is 0 Å². The average Bonchev–Trinajstić information content (AvgIpc) is 2.16. The molecule has 13 heavy (non-hydrogen) atoms. The zero-order chi connectivity index (χ0) is 9.84. The first-order chi connectivity index (χ1) is 6.19. The number of hydrogen-bond acceptors (Lipinski definition) is 3. The summed E-state index contributed by atoms with van der Waals surface area (Å²) < 4.78 is 10.2. The molecule has 0 saturated heterocycles. The lowest BCUT2D eigenvalue weighted by atomic mass is 9.64. The molecular formula is C9H13BO3. The smallest absolute Gasteiger partial charge is 0.320 e. The molecule has 1 aromatic carbocycles. The number of methoxy groups -OCH3 is 2. The fourth-order valence-electron chi connectivity index (χ4n) is 1.11. The Morgan fingerprint density at radius 3 is 2.23 bits per heavy atom. The molecule has 0 aliphatic heterocycles. The van der Waals surface area contributed by atoms with E-state index in [0.29, 0.717) is 11.5 Å². The minimum atomic E-state index is -0.486. The summed E-state index contributed by atoms with van der Waals surface area (Å²) >= 11 is 0. The summed E-state index contributed by atoms with van der Waals surface area (Å²) in [5, 5.41) is 9.31. The molecule has 0 saturated carbocycles. The van der Waals surface area contributed by atoms with Gasteiger partial charge in [0.15, 0.2) is 11.5 Å². The van der Waals surface area contributed by atoms with Crippen molar-refractivity contribution >= 4 is 12.4 Å². The minimum Gasteiger partial charge on any atom is -0.493 e. The van der Waals surface area contributed by atoms with Gasteiger partial charge in [-0.15, -0.1) is 0 Å². The van der Waals surface area contributed by atoms with Crippen molar-refractivity contribution in [3.63, 3.8) is 0 Å². The molecule has 4 heteroatoms. The Labute approximate surface area is 78.4 Å². The van der Waals surface area contributed by atoms with Crippen LogP contribution in [-0.2, 0) is 0 Å². The summed E-state index contributed by atoms with van der Waals surface area (Å²) in [5.74, 6) is 1.31. The van der Waals surface area contributed by atoms with Gasteiger partial charge in [0.1, 0.15) is 0 Å². The molecule has 0 aromatic heterocycles. The van der Waals surface area contributed by atoms with Crippen molar-refractivity contribution in [2.24, 2.45) is 0 Å². The van der Waals surface area contributed by atoms with Crippen LogP contribution in [0, 0.1) is 0 Å². The van der Waals surface area contributed by atoms with Crippen LogP contribution in [0.25, 0.3) is 0 Å². The summed E-state index contributed by atoms with van der Waals surface area (Å²) in [6.07, 6.45) is 0. The number of benzene rings is 1. The van der Waals surface area contributed by atoms with Gasteiger partial charge in [-0.25, -0.2) is 0 Å². The largest absolute Gasteiger partial charge is 0.493 e. The molecule has 1 aromatic rings. The maximum absolute atomic E-state index is 9.31. The molecule has 0 bridgehead atoms. The average molecular weight is 180 g/mol. The summed E-state index contributed by atoms with van der Waals surface area (Å²) in [4.78, 5) is 0. The Morgan fingerprint density at radius 2 is 1.77 bits per heavy atom. The van der Waals surface area contributed by atoms with Crippen molar-refractivity contribution < 1.29 is 14.5 Å². The Hall–Kier alpha value is -1.16. The Morgan fingerprint density at radius 1 is 1.15 bits per heavy atom. The summed E-state index contributed by atoms with van der Waals surface area (Å²) in [6.45, 7) is 1.22. The topological polar surface area (TPSA) is 38.7 Å². The number of hydrogen-bond donors (Lipinski definition) is 1. The van der Waals surface area contributed by atoms with Gasteiger partial charge in [0.05, 0.1) is 14.2 Å². The van der Waals surface area contributed by atoms with Crippen molar-refractivity contribution in [2.45, 2.75) is 6.82 Å². The molecule has 0 radical (unpaired) electrons. The predicted molar refractivity (Wildman–Crippen MR) is 53.0 cm³/mol. The molecule has 0 aliphatic carbocycles. The molecule has 1 rings (SSSR count). The van der Waals surface area contributed by atoms with Gasteiger partial charge < -0.3 is 14.5 Å². The van der Waals surface area contributed by atoms with Crippen molar-refractivity contribution in [1.82, 2.24) is 0 Å². The normalized spacial score (nSPS) is 9.54. The van der Waals surface area contributed by atoms with Crippen molar-refractivity contribution in [2.75, 3.05) is 14.2 Å². The third-order valence-electron chi connectivity index (χ3n) is 1.89. The van der Waals surface area contributed by atoms with Crippen LogP contribution in [0.2, 0.25) is 6.82 Å². The molecule has 0 amide bonds. The van der Waals surface area contributed by atoms with E-state index >= 15 is 0 Å². The van der Waals surface area contributed by atoms with E-state index in [9.17, 15) is 5.02 Å². The van der Waals surface area contributed by atoms with Gasteiger partial charge >= 0.3 is 6.92 Å². The Balaban J connectivity index is 3.05. The zero-order valence-electron chi connectivity index (χ0n) is 8.07. The van der Waals surface area contributed by atoms with Gasteiger partial charge in [-0.05, 0) is 17.6 Å². The summed E-state index contributed by atoms with van der Waals surface area (Å²) in [5.41, 5.74) is 0.817. The van der Waals surface area contributed by atoms with E-state index in [0.717, 1.165) is 5.46 Å². The molecule has 0 aliphatic rings. The van der Waals surface area contributed by atoms with Crippen molar-refractivity contribution in [3.05, 3.63) is 18.2 Å². The van der Waals surface area contributed by atoms with Crippen molar-refractivity contribution in [3.8, 4) is 11.5 Å². The van der Waals surface area contributed by atoms with Gasteiger partial charge in [-0.2, -0.15) is 0 Å². The third-order valence-corrected chi connectivity index (χ3v) is 1.89. The Kier molecular flexibility index (Phi) is 3.20. The van der Waals surface area contributed by atoms with Gasteiger partial charge in [-0.3, -0.25) is 0 Å². The minimum absolute atomic E-state index is 0.486. The van der Waals surface area contributed by atoms with E-state index in [-0.39, 0.29) is 0 Å². The fourth-order valence-corrected chi connectivity index (χ4v) is 1.11. The van der Waals surface area contributed by atoms with E-state index in [1.54, 1.807) is 33.2 Å². The molecular weight excluding hydrogens is 167 g/mol. The van der Waals surface area contributed by atoms with E-state index in [2.05, 4.69) is 0 Å².